The highest BCUT2D eigenvalue weighted by molar-refractivity contribution is 9.10. The summed E-state index contributed by atoms with van der Waals surface area (Å²) in [6, 6.07) is 8.42. The lowest BCUT2D eigenvalue weighted by Gasteiger charge is -2.43. The minimum atomic E-state index is 0. The van der Waals surface area contributed by atoms with Crippen molar-refractivity contribution < 1.29 is 4.79 Å². The SMILES string of the molecule is CCC(Cc1cccc(Br)c1)C(=O)N1CCC(N)C(C)(C)C1.Cl. The first kappa shape index (κ1) is 20.5. The van der Waals surface area contributed by atoms with Gasteiger partial charge < -0.3 is 10.6 Å². The first-order valence-corrected chi connectivity index (χ1v) is 8.91. The van der Waals surface area contributed by atoms with Crippen LogP contribution in [-0.4, -0.2) is 29.9 Å². The van der Waals surface area contributed by atoms with Crippen LogP contribution >= 0.6 is 28.3 Å². The molecular weight excluding hydrogens is 376 g/mol. The molecule has 3 nitrogen and oxygen atoms in total. The Morgan fingerprint density at radius 3 is 2.74 bits per heavy atom. The van der Waals surface area contributed by atoms with Crippen molar-refractivity contribution in [3.05, 3.63) is 34.3 Å². The van der Waals surface area contributed by atoms with Crippen LogP contribution in [0.1, 0.15) is 39.2 Å². The predicted molar refractivity (Wildman–Crippen MR) is 102 cm³/mol. The zero-order valence-corrected chi connectivity index (χ0v) is 16.6. The fourth-order valence-corrected chi connectivity index (χ4v) is 3.62. The summed E-state index contributed by atoms with van der Waals surface area (Å²) >= 11 is 3.50. The van der Waals surface area contributed by atoms with Crippen molar-refractivity contribution in [3.8, 4) is 0 Å². The van der Waals surface area contributed by atoms with E-state index in [0.717, 1.165) is 36.8 Å². The molecule has 0 aromatic heterocycles. The topological polar surface area (TPSA) is 46.3 Å². The Morgan fingerprint density at radius 2 is 2.17 bits per heavy atom. The van der Waals surface area contributed by atoms with Gasteiger partial charge in [0.1, 0.15) is 0 Å². The molecule has 1 aliphatic heterocycles. The number of halogens is 2. The lowest BCUT2D eigenvalue weighted by molar-refractivity contribution is -0.139. The molecule has 2 N–H and O–H groups in total. The molecule has 1 saturated heterocycles. The van der Waals surface area contributed by atoms with Gasteiger partial charge in [-0.1, -0.05) is 48.8 Å². The van der Waals surface area contributed by atoms with Crippen molar-refractivity contribution in [2.75, 3.05) is 13.1 Å². The summed E-state index contributed by atoms with van der Waals surface area (Å²) in [6.45, 7) is 7.97. The molecule has 0 spiro atoms. The lowest BCUT2D eigenvalue weighted by atomic mass is 9.79. The van der Waals surface area contributed by atoms with Gasteiger partial charge in [0, 0.05) is 29.5 Å². The minimum Gasteiger partial charge on any atom is -0.342 e. The van der Waals surface area contributed by atoms with E-state index in [1.165, 1.54) is 5.56 Å². The molecule has 2 atom stereocenters. The lowest BCUT2D eigenvalue weighted by Crippen LogP contribution is -2.55. The van der Waals surface area contributed by atoms with Crippen LogP contribution in [-0.2, 0) is 11.2 Å². The molecule has 23 heavy (non-hydrogen) atoms. The van der Waals surface area contributed by atoms with Gasteiger partial charge in [0.05, 0.1) is 0 Å². The molecule has 2 rings (SSSR count). The second-order valence-corrected chi connectivity index (χ2v) is 8.00. The van der Waals surface area contributed by atoms with Gasteiger partial charge in [-0.2, -0.15) is 0 Å². The number of amides is 1. The summed E-state index contributed by atoms with van der Waals surface area (Å²) in [5, 5.41) is 0. The number of rotatable bonds is 4. The van der Waals surface area contributed by atoms with Gasteiger partial charge in [0.25, 0.3) is 0 Å². The first-order chi connectivity index (χ1) is 10.3. The van der Waals surface area contributed by atoms with Crippen LogP contribution in [0.5, 0.6) is 0 Å². The van der Waals surface area contributed by atoms with E-state index in [1.807, 2.05) is 17.0 Å². The number of likely N-dealkylation sites (tertiary alicyclic amines) is 1. The van der Waals surface area contributed by atoms with Gasteiger partial charge in [-0.05, 0) is 42.4 Å². The predicted octanol–water partition coefficient (Wildman–Crippen LogP) is 4.03. The molecule has 1 aliphatic rings. The maximum atomic E-state index is 12.9. The van der Waals surface area contributed by atoms with Crippen LogP contribution < -0.4 is 5.73 Å². The Kier molecular flexibility index (Phi) is 7.56. The Morgan fingerprint density at radius 1 is 1.48 bits per heavy atom. The summed E-state index contributed by atoms with van der Waals surface area (Å²) in [7, 11) is 0. The zero-order chi connectivity index (χ0) is 16.3. The molecule has 0 saturated carbocycles. The number of nitrogens with zero attached hydrogens (tertiary/aromatic N) is 1. The number of nitrogens with two attached hydrogens (primary N) is 1. The van der Waals surface area contributed by atoms with E-state index >= 15 is 0 Å². The average Bonchev–Trinajstić information content (AvgIpc) is 2.47. The number of hydrogen-bond donors (Lipinski definition) is 1. The molecule has 0 radical (unpaired) electrons. The van der Waals surface area contributed by atoms with Crippen molar-refractivity contribution in [2.24, 2.45) is 17.1 Å². The maximum absolute atomic E-state index is 12.9. The van der Waals surface area contributed by atoms with Crippen LogP contribution in [0.3, 0.4) is 0 Å². The highest BCUT2D eigenvalue weighted by Crippen LogP contribution is 2.29. The molecule has 0 aliphatic carbocycles. The van der Waals surface area contributed by atoms with Crippen molar-refractivity contribution in [1.29, 1.82) is 0 Å². The monoisotopic (exact) mass is 402 g/mol. The highest BCUT2D eigenvalue weighted by Gasteiger charge is 2.36. The van der Waals surface area contributed by atoms with Gasteiger partial charge in [-0.3, -0.25) is 4.79 Å². The summed E-state index contributed by atoms with van der Waals surface area (Å²) in [5.41, 5.74) is 7.39. The molecule has 2 unspecified atom stereocenters. The molecule has 1 aromatic rings. The zero-order valence-electron chi connectivity index (χ0n) is 14.2. The number of carbonyl (C=O) groups is 1. The fourth-order valence-electron chi connectivity index (χ4n) is 3.17. The van der Waals surface area contributed by atoms with E-state index in [-0.39, 0.29) is 35.7 Å². The van der Waals surface area contributed by atoms with Gasteiger partial charge in [0.2, 0.25) is 5.91 Å². The van der Waals surface area contributed by atoms with Gasteiger partial charge in [0.15, 0.2) is 0 Å². The van der Waals surface area contributed by atoms with E-state index in [4.69, 9.17) is 5.73 Å². The Balaban J connectivity index is 0.00000264. The first-order valence-electron chi connectivity index (χ1n) is 8.12. The molecule has 130 valence electrons. The third-order valence-corrected chi connectivity index (χ3v) is 5.33. The maximum Gasteiger partial charge on any atom is 0.226 e. The van der Waals surface area contributed by atoms with E-state index in [1.54, 1.807) is 0 Å². The second kappa shape index (κ2) is 8.50. The molecular formula is C18H28BrClN2O. The summed E-state index contributed by atoms with van der Waals surface area (Å²) in [5.74, 6) is 0.335. The van der Waals surface area contributed by atoms with Crippen LogP contribution in [0.15, 0.2) is 28.7 Å². The normalized spacial score (nSPS) is 21.4. The van der Waals surface area contributed by atoms with Gasteiger partial charge >= 0.3 is 0 Å². The van der Waals surface area contributed by atoms with Gasteiger partial charge in [-0.15, -0.1) is 12.4 Å². The summed E-state index contributed by atoms with van der Waals surface area (Å²) in [6.07, 6.45) is 2.57. The molecule has 1 fully saturated rings. The Hall–Kier alpha value is -0.580. The molecule has 1 amide bonds. The number of piperidine rings is 1. The summed E-state index contributed by atoms with van der Waals surface area (Å²) in [4.78, 5) is 14.9. The highest BCUT2D eigenvalue weighted by atomic mass is 79.9. The van der Waals surface area contributed by atoms with E-state index in [9.17, 15) is 4.79 Å². The molecule has 1 heterocycles. The molecule has 0 bridgehead atoms. The number of benzene rings is 1. The van der Waals surface area contributed by atoms with Gasteiger partial charge in [-0.25, -0.2) is 0 Å². The van der Waals surface area contributed by atoms with Crippen molar-refractivity contribution in [3.63, 3.8) is 0 Å². The van der Waals surface area contributed by atoms with Crippen molar-refractivity contribution in [2.45, 2.75) is 46.1 Å². The third-order valence-electron chi connectivity index (χ3n) is 4.84. The van der Waals surface area contributed by atoms with E-state index < -0.39 is 0 Å². The minimum absolute atomic E-state index is 0. The number of carbonyl (C=O) groups excluding carboxylic acids is 1. The smallest absolute Gasteiger partial charge is 0.226 e. The van der Waals surface area contributed by atoms with E-state index in [0.29, 0.717) is 0 Å². The molecule has 1 aromatic carbocycles. The van der Waals surface area contributed by atoms with Crippen LogP contribution in [0, 0.1) is 11.3 Å². The van der Waals surface area contributed by atoms with Crippen molar-refractivity contribution >= 4 is 34.2 Å². The fraction of sp³-hybridized carbons (Fsp3) is 0.611. The third kappa shape index (κ3) is 5.20. The quantitative estimate of drug-likeness (QED) is 0.825. The standard InChI is InChI=1S/C18H27BrN2O.ClH/c1-4-14(10-13-6-5-7-15(19)11-13)17(22)21-9-8-16(20)18(2,3)12-21;/h5-7,11,14,16H,4,8-10,12,20H2,1-3H3;1H. The van der Waals surface area contributed by atoms with Crippen molar-refractivity contribution in [1.82, 2.24) is 4.90 Å². The summed E-state index contributed by atoms with van der Waals surface area (Å²) < 4.78 is 1.07. The molecule has 5 heteroatoms. The Bertz CT molecular complexity index is 536. The largest absolute Gasteiger partial charge is 0.342 e. The van der Waals surface area contributed by atoms with E-state index in [2.05, 4.69) is 48.8 Å². The van der Waals surface area contributed by atoms with Crippen LogP contribution in [0.2, 0.25) is 0 Å². The van der Waals surface area contributed by atoms with Crippen LogP contribution in [0.25, 0.3) is 0 Å². The second-order valence-electron chi connectivity index (χ2n) is 7.08. The van der Waals surface area contributed by atoms with Crippen LogP contribution in [0.4, 0.5) is 0 Å². The Labute approximate surface area is 154 Å². The number of hydrogen-bond acceptors (Lipinski definition) is 2. The average molecular weight is 404 g/mol.